The second kappa shape index (κ2) is 5.79. The van der Waals surface area contributed by atoms with Gasteiger partial charge in [0.25, 0.3) is 0 Å². The maximum atomic E-state index is 13.2. The van der Waals surface area contributed by atoms with Crippen molar-refractivity contribution in [1.29, 1.82) is 0 Å². The van der Waals surface area contributed by atoms with Crippen molar-refractivity contribution in [2.24, 2.45) is 11.7 Å². The van der Waals surface area contributed by atoms with E-state index < -0.39 is 0 Å². The van der Waals surface area contributed by atoms with E-state index in [2.05, 4.69) is 33.0 Å². The van der Waals surface area contributed by atoms with Gasteiger partial charge in [0.2, 0.25) is 11.7 Å². The van der Waals surface area contributed by atoms with E-state index in [4.69, 9.17) is 10.3 Å². The summed E-state index contributed by atoms with van der Waals surface area (Å²) in [7, 11) is 0. The van der Waals surface area contributed by atoms with Crippen LogP contribution in [0.2, 0.25) is 0 Å². The first kappa shape index (κ1) is 14.1. The Bertz CT molecular complexity index is 573. The standard InChI is InChI=1S/C13H15BrFN3O/c1-3-7(2)11(16)13-17-12(18-19-13)8-4-5-10(15)9(14)6-8/h4-7,11H,3,16H2,1-2H3. The van der Waals surface area contributed by atoms with E-state index in [1.807, 2.05) is 6.92 Å². The molecule has 0 spiro atoms. The lowest BCUT2D eigenvalue weighted by Crippen LogP contribution is -2.18. The van der Waals surface area contributed by atoms with Crippen molar-refractivity contribution in [2.45, 2.75) is 26.3 Å². The van der Waals surface area contributed by atoms with Crippen LogP contribution in [-0.4, -0.2) is 10.1 Å². The van der Waals surface area contributed by atoms with Crippen LogP contribution in [0.4, 0.5) is 4.39 Å². The van der Waals surface area contributed by atoms with Gasteiger partial charge in [0.1, 0.15) is 5.82 Å². The van der Waals surface area contributed by atoms with Crippen molar-refractivity contribution in [3.05, 3.63) is 34.4 Å². The molecule has 0 aliphatic heterocycles. The highest BCUT2D eigenvalue weighted by Gasteiger charge is 2.20. The smallest absolute Gasteiger partial charge is 0.244 e. The number of nitrogens with two attached hydrogens (primary N) is 1. The Morgan fingerprint density at radius 3 is 2.84 bits per heavy atom. The predicted octanol–water partition coefficient (Wildman–Crippen LogP) is 3.68. The molecular formula is C13H15BrFN3O. The lowest BCUT2D eigenvalue weighted by atomic mass is 10.0. The Labute approximate surface area is 119 Å². The van der Waals surface area contributed by atoms with E-state index >= 15 is 0 Å². The zero-order valence-electron chi connectivity index (χ0n) is 10.7. The molecule has 0 saturated carbocycles. The van der Waals surface area contributed by atoms with Gasteiger partial charge in [-0.3, -0.25) is 0 Å². The fourth-order valence-electron chi connectivity index (χ4n) is 1.62. The number of nitrogens with zero attached hydrogens (tertiary/aromatic N) is 2. The molecule has 102 valence electrons. The average Bonchev–Trinajstić information content (AvgIpc) is 2.89. The first-order valence-electron chi connectivity index (χ1n) is 6.07. The Morgan fingerprint density at radius 2 is 2.21 bits per heavy atom. The fraction of sp³-hybridized carbons (Fsp3) is 0.385. The van der Waals surface area contributed by atoms with Gasteiger partial charge in [0.05, 0.1) is 10.5 Å². The molecule has 19 heavy (non-hydrogen) atoms. The van der Waals surface area contributed by atoms with Crippen molar-refractivity contribution in [3.63, 3.8) is 0 Å². The average molecular weight is 328 g/mol. The highest BCUT2D eigenvalue weighted by molar-refractivity contribution is 9.10. The third-order valence-corrected chi connectivity index (χ3v) is 3.77. The van der Waals surface area contributed by atoms with Crippen LogP contribution in [0.3, 0.4) is 0 Å². The van der Waals surface area contributed by atoms with Gasteiger partial charge < -0.3 is 10.3 Å². The molecule has 4 nitrogen and oxygen atoms in total. The molecule has 2 N–H and O–H groups in total. The number of benzene rings is 1. The van der Waals surface area contributed by atoms with Crippen molar-refractivity contribution in [1.82, 2.24) is 10.1 Å². The molecule has 0 saturated heterocycles. The Morgan fingerprint density at radius 1 is 1.47 bits per heavy atom. The highest BCUT2D eigenvalue weighted by Crippen LogP contribution is 2.26. The summed E-state index contributed by atoms with van der Waals surface area (Å²) < 4.78 is 18.7. The first-order chi connectivity index (χ1) is 9.02. The number of hydrogen-bond acceptors (Lipinski definition) is 4. The van der Waals surface area contributed by atoms with Gasteiger partial charge in [-0.1, -0.05) is 25.4 Å². The summed E-state index contributed by atoms with van der Waals surface area (Å²) in [6, 6.07) is 4.28. The molecule has 0 amide bonds. The molecule has 2 atom stereocenters. The maximum Gasteiger partial charge on any atom is 0.244 e. The summed E-state index contributed by atoms with van der Waals surface area (Å²) >= 11 is 3.13. The van der Waals surface area contributed by atoms with Gasteiger partial charge in [-0.25, -0.2) is 4.39 Å². The molecule has 2 rings (SSSR count). The SMILES string of the molecule is CCC(C)C(N)c1nc(-c2ccc(F)c(Br)c2)no1. The number of aromatic nitrogens is 2. The summed E-state index contributed by atoms with van der Waals surface area (Å²) in [6.07, 6.45) is 0.932. The molecule has 6 heteroatoms. The van der Waals surface area contributed by atoms with Crippen LogP contribution in [0.15, 0.2) is 27.2 Å². The highest BCUT2D eigenvalue weighted by atomic mass is 79.9. The lowest BCUT2D eigenvalue weighted by molar-refractivity contribution is 0.312. The van der Waals surface area contributed by atoms with Gasteiger partial charge in [0, 0.05) is 5.56 Å². The predicted molar refractivity (Wildman–Crippen MR) is 73.8 cm³/mol. The van der Waals surface area contributed by atoms with Crippen molar-refractivity contribution >= 4 is 15.9 Å². The van der Waals surface area contributed by atoms with E-state index in [0.717, 1.165) is 6.42 Å². The van der Waals surface area contributed by atoms with Crippen LogP contribution in [0, 0.1) is 11.7 Å². The molecule has 0 aliphatic carbocycles. The summed E-state index contributed by atoms with van der Waals surface area (Å²) in [4.78, 5) is 4.27. The minimum Gasteiger partial charge on any atom is -0.337 e. The second-order valence-corrected chi connectivity index (χ2v) is 5.35. The van der Waals surface area contributed by atoms with Crippen LogP contribution in [0.25, 0.3) is 11.4 Å². The van der Waals surface area contributed by atoms with Crippen molar-refractivity contribution in [2.75, 3.05) is 0 Å². The Kier molecular flexibility index (Phi) is 4.31. The number of rotatable bonds is 4. The van der Waals surface area contributed by atoms with Gasteiger partial charge in [-0.05, 0) is 40.0 Å². The summed E-state index contributed by atoms with van der Waals surface area (Å²) in [5, 5.41) is 3.89. The van der Waals surface area contributed by atoms with Gasteiger partial charge in [0.15, 0.2) is 0 Å². The van der Waals surface area contributed by atoms with E-state index in [9.17, 15) is 4.39 Å². The van der Waals surface area contributed by atoms with Crippen molar-refractivity contribution < 1.29 is 8.91 Å². The molecule has 2 aromatic rings. The van der Waals surface area contributed by atoms with Crippen LogP contribution < -0.4 is 5.73 Å². The fourth-order valence-corrected chi connectivity index (χ4v) is 2.00. The molecular weight excluding hydrogens is 313 g/mol. The Hall–Kier alpha value is -1.27. The zero-order valence-corrected chi connectivity index (χ0v) is 12.3. The van der Waals surface area contributed by atoms with Crippen LogP contribution in [0.1, 0.15) is 32.2 Å². The van der Waals surface area contributed by atoms with Gasteiger partial charge in [-0.2, -0.15) is 4.98 Å². The largest absolute Gasteiger partial charge is 0.337 e. The van der Waals surface area contributed by atoms with Crippen LogP contribution >= 0.6 is 15.9 Å². The van der Waals surface area contributed by atoms with Crippen molar-refractivity contribution in [3.8, 4) is 11.4 Å². The molecule has 2 unspecified atom stereocenters. The lowest BCUT2D eigenvalue weighted by Gasteiger charge is -2.12. The number of halogens is 2. The van der Waals surface area contributed by atoms with Gasteiger partial charge >= 0.3 is 0 Å². The number of hydrogen-bond donors (Lipinski definition) is 1. The van der Waals surface area contributed by atoms with Gasteiger partial charge in [-0.15, -0.1) is 0 Å². The van der Waals surface area contributed by atoms with Crippen LogP contribution in [0.5, 0.6) is 0 Å². The monoisotopic (exact) mass is 327 g/mol. The molecule has 1 aromatic carbocycles. The Balaban J connectivity index is 2.27. The zero-order chi connectivity index (χ0) is 14.0. The summed E-state index contributed by atoms with van der Waals surface area (Å²) in [5.74, 6) is 0.747. The third-order valence-electron chi connectivity index (χ3n) is 3.16. The summed E-state index contributed by atoms with van der Waals surface area (Å²) in [5.41, 5.74) is 6.71. The third kappa shape index (κ3) is 3.01. The minimum absolute atomic E-state index is 0.258. The first-order valence-corrected chi connectivity index (χ1v) is 6.86. The van der Waals surface area contributed by atoms with Crippen LogP contribution in [-0.2, 0) is 0 Å². The van der Waals surface area contributed by atoms with E-state index in [1.165, 1.54) is 6.07 Å². The molecule has 0 radical (unpaired) electrons. The summed E-state index contributed by atoms with van der Waals surface area (Å²) in [6.45, 7) is 4.09. The van der Waals surface area contributed by atoms with E-state index in [1.54, 1.807) is 12.1 Å². The molecule has 1 heterocycles. The quantitative estimate of drug-likeness (QED) is 0.930. The molecule has 1 aromatic heterocycles. The van der Waals surface area contributed by atoms with E-state index in [0.29, 0.717) is 21.8 Å². The maximum absolute atomic E-state index is 13.2. The topological polar surface area (TPSA) is 64.9 Å². The van der Waals surface area contributed by atoms with E-state index in [-0.39, 0.29) is 17.8 Å². The second-order valence-electron chi connectivity index (χ2n) is 4.50. The molecule has 0 bridgehead atoms. The normalized spacial score (nSPS) is 14.4. The molecule has 0 aliphatic rings. The molecule has 0 fully saturated rings. The minimum atomic E-state index is -0.330.